The second-order valence-electron chi connectivity index (χ2n) is 7.13. The van der Waals surface area contributed by atoms with Gasteiger partial charge < -0.3 is 14.0 Å². The Kier molecular flexibility index (Phi) is 8.55. The average Bonchev–Trinajstić information content (AvgIpc) is 2.96. The SMILES string of the molecule is CCOC(=O)c1c(C)c(C(=O)CN(CCCOC)S(=O)(=O)c2ccccc2)c(C)n1C. The number of aromatic nitrogens is 1. The second-order valence-corrected chi connectivity index (χ2v) is 9.07. The molecule has 0 bridgehead atoms. The Balaban J connectivity index is 2.41. The van der Waals surface area contributed by atoms with Crippen LogP contribution in [0.1, 0.15) is 45.4 Å². The number of Topliss-reactive ketones (excluding diaryl/α,β-unsaturated/α-hetero) is 1. The summed E-state index contributed by atoms with van der Waals surface area (Å²) < 4.78 is 39.3. The summed E-state index contributed by atoms with van der Waals surface area (Å²) in [6.45, 7) is 5.49. The fraction of sp³-hybridized carbons (Fsp3) is 0.455. The molecular formula is C22H30N2O6S. The third-order valence-electron chi connectivity index (χ3n) is 5.14. The van der Waals surface area contributed by atoms with Crippen LogP contribution in [-0.2, 0) is 26.5 Å². The van der Waals surface area contributed by atoms with Gasteiger partial charge in [0.25, 0.3) is 0 Å². The zero-order chi connectivity index (χ0) is 23.2. The van der Waals surface area contributed by atoms with Crippen LogP contribution in [0.15, 0.2) is 35.2 Å². The quantitative estimate of drug-likeness (QED) is 0.297. The molecule has 8 nitrogen and oxygen atoms in total. The molecule has 0 atom stereocenters. The number of benzene rings is 1. The predicted octanol–water partition coefficient (Wildman–Crippen LogP) is 2.73. The Hall–Kier alpha value is -2.49. The molecule has 0 spiro atoms. The number of ether oxygens (including phenoxy) is 2. The minimum absolute atomic E-state index is 0.119. The number of nitrogens with zero attached hydrogens (tertiary/aromatic N) is 2. The molecule has 31 heavy (non-hydrogen) atoms. The third-order valence-corrected chi connectivity index (χ3v) is 6.99. The lowest BCUT2D eigenvalue weighted by molar-refractivity contribution is 0.0514. The van der Waals surface area contributed by atoms with Gasteiger partial charge >= 0.3 is 5.97 Å². The van der Waals surface area contributed by atoms with Crippen molar-refractivity contribution in [3.8, 4) is 0 Å². The number of hydrogen-bond donors (Lipinski definition) is 0. The molecule has 0 unspecified atom stereocenters. The molecule has 0 saturated heterocycles. The van der Waals surface area contributed by atoms with E-state index in [9.17, 15) is 18.0 Å². The minimum atomic E-state index is -3.88. The molecule has 9 heteroatoms. The molecule has 0 radical (unpaired) electrons. The van der Waals surface area contributed by atoms with E-state index in [0.717, 1.165) is 0 Å². The maximum Gasteiger partial charge on any atom is 0.355 e. The summed E-state index contributed by atoms with van der Waals surface area (Å²) in [5.41, 5.74) is 1.70. The molecule has 0 aliphatic heterocycles. The number of ketones is 1. The summed E-state index contributed by atoms with van der Waals surface area (Å²) in [6.07, 6.45) is 0.441. The molecule has 0 aliphatic carbocycles. The standard InChI is InChI=1S/C22H30N2O6S/c1-6-30-22(26)21-16(2)20(17(3)23(21)4)19(25)15-24(13-10-14-29-5)31(27,28)18-11-8-7-9-12-18/h7-9,11-12H,6,10,13-15H2,1-5H3. The first-order chi connectivity index (χ1) is 14.7. The van der Waals surface area contributed by atoms with Gasteiger partial charge in [0, 0.05) is 38.6 Å². The largest absolute Gasteiger partial charge is 0.461 e. The molecule has 0 fully saturated rings. The number of hydrogen-bond acceptors (Lipinski definition) is 6. The van der Waals surface area contributed by atoms with E-state index in [1.165, 1.54) is 23.5 Å². The monoisotopic (exact) mass is 450 g/mol. The van der Waals surface area contributed by atoms with Gasteiger partial charge in [-0.05, 0) is 44.9 Å². The predicted molar refractivity (Wildman–Crippen MR) is 117 cm³/mol. The molecule has 2 rings (SSSR count). The van der Waals surface area contributed by atoms with Crippen molar-refractivity contribution in [2.75, 3.05) is 33.4 Å². The first-order valence-electron chi connectivity index (χ1n) is 10.1. The number of sulfonamides is 1. The molecular weight excluding hydrogens is 420 g/mol. The Labute approximate surface area is 183 Å². The van der Waals surface area contributed by atoms with Gasteiger partial charge in [-0.1, -0.05) is 18.2 Å². The van der Waals surface area contributed by atoms with E-state index in [1.807, 2.05) is 0 Å². The molecule has 2 aromatic rings. The summed E-state index contributed by atoms with van der Waals surface area (Å²) >= 11 is 0. The van der Waals surface area contributed by atoms with E-state index in [2.05, 4.69) is 0 Å². The number of esters is 1. The van der Waals surface area contributed by atoms with Crippen LogP contribution in [0.25, 0.3) is 0 Å². The lowest BCUT2D eigenvalue weighted by Crippen LogP contribution is -2.37. The van der Waals surface area contributed by atoms with E-state index in [4.69, 9.17) is 9.47 Å². The van der Waals surface area contributed by atoms with Crippen molar-refractivity contribution in [2.24, 2.45) is 7.05 Å². The van der Waals surface area contributed by atoms with Crippen LogP contribution in [0.4, 0.5) is 0 Å². The van der Waals surface area contributed by atoms with Crippen molar-refractivity contribution in [1.82, 2.24) is 8.87 Å². The van der Waals surface area contributed by atoms with Crippen molar-refractivity contribution in [2.45, 2.75) is 32.1 Å². The smallest absolute Gasteiger partial charge is 0.355 e. The Morgan fingerprint density at radius 3 is 2.35 bits per heavy atom. The van der Waals surface area contributed by atoms with Gasteiger partial charge in [-0.25, -0.2) is 13.2 Å². The van der Waals surface area contributed by atoms with Crippen LogP contribution in [0, 0.1) is 13.8 Å². The Morgan fingerprint density at radius 1 is 1.13 bits per heavy atom. The highest BCUT2D eigenvalue weighted by atomic mass is 32.2. The van der Waals surface area contributed by atoms with Crippen LogP contribution in [0.5, 0.6) is 0 Å². The third kappa shape index (κ3) is 5.41. The molecule has 0 aliphatic rings. The first kappa shape index (κ1) is 24.8. The van der Waals surface area contributed by atoms with Gasteiger partial charge in [-0.3, -0.25) is 4.79 Å². The van der Waals surface area contributed by atoms with Crippen molar-refractivity contribution in [3.05, 3.63) is 52.8 Å². The molecule has 1 heterocycles. The number of methoxy groups -OCH3 is 1. The average molecular weight is 451 g/mol. The maximum absolute atomic E-state index is 13.3. The van der Waals surface area contributed by atoms with Gasteiger partial charge in [-0.15, -0.1) is 0 Å². The number of carbonyl (C=O) groups excluding carboxylic acids is 2. The van der Waals surface area contributed by atoms with Crippen LogP contribution in [-0.4, -0.2) is 62.5 Å². The zero-order valence-corrected chi connectivity index (χ0v) is 19.5. The fourth-order valence-electron chi connectivity index (χ4n) is 3.53. The van der Waals surface area contributed by atoms with Crippen LogP contribution in [0.3, 0.4) is 0 Å². The fourth-order valence-corrected chi connectivity index (χ4v) is 4.98. The van der Waals surface area contributed by atoms with E-state index in [-0.39, 0.29) is 30.4 Å². The van der Waals surface area contributed by atoms with Crippen molar-refractivity contribution < 1.29 is 27.5 Å². The van der Waals surface area contributed by atoms with Gasteiger partial charge in [0.15, 0.2) is 5.78 Å². The molecule has 0 amide bonds. The zero-order valence-electron chi connectivity index (χ0n) is 18.7. The van der Waals surface area contributed by atoms with E-state index >= 15 is 0 Å². The Morgan fingerprint density at radius 2 is 1.77 bits per heavy atom. The highest BCUT2D eigenvalue weighted by Gasteiger charge is 2.30. The summed E-state index contributed by atoms with van der Waals surface area (Å²) in [7, 11) is -0.661. The van der Waals surface area contributed by atoms with Crippen molar-refractivity contribution in [3.63, 3.8) is 0 Å². The molecule has 0 N–H and O–H groups in total. The van der Waals surface area contributed by atoms with Gasteiger partial charge in [-0.2, -0.15) is 4.31 Å². The second kappa shape index (κ2) is 10.7. The lowest BCUT2D eigenvalue weighted by atomic mass is 10.1. The first-order valence-corrected chi connectivity index (χ1v) is 11.5. The van der Waals surface area contributed by atoms with E-state index < -0.39 is 16.0 Å². The highest BCUT2D eigenvalue weighted by Crippen LogP contribution is 2.24. The van der Waals surface area contributed by atoms with E-state index in [1.54, 1.807) is 50.6 Å². The molecule has 1 aromatic carbocycles. The maximum atomic E-state index is 13.3. The van der Waals surface area contributed by atoms with Gasteiger partial charge in [0.1, 0.15) is 5.69 Å². The van der Waals surface area contributed by atoms with E-state index in [0.29, 0.717) is 35.5 Å². The molecule has 1 aromatic heterocycles. The minimum Gasteiger partial charge on any atom is -0.461 e. The number of carbonyl (C=O) groups is 2. The molecule has 170 valence electrons. The van der Waals surface area contributed by atoms with Crippen LogP contribution < -0.4 is 0 Å². The normalized spacial score (nSPS) is 11.7. The summed E-state index contributed by atoms with van der Waals surface area (Å²) in [5.74, 6) is -0.892. The summed E-state index contributed by atoms with van der Waals surface area (Å²) in [6, 6.07) is 8.01. The van der Waals surface area contributed by atoms with Crippen molar-refractivity contribution >= 4 is 21.8 Å². The van der Waals surface area contributed by atoms with Gasteiger partial charge in [0.2, 0.25) is 10.0 Å². The van der Waals surface area contributed by atoms with Crippen LogP contribution in [0.2, 0.25) is 0 Å². The topological polar surface area (TPSA) is 94.9 Å². The number of rotatable bonds is 11. The molecule has 0 saturated carbocycles. The van der Waals surface area contributed by atoms with Crippen molar-refractivity contribution in [1.29, 1.82) is 0 Å². The summed E-state index contributed by atoms with van der Waals surface area (Å²) in [4.78, 5) is 25.7. The van der Waals surface area contributed by atoms with Crippen LogP contribution >= 0.6 is 0 Å². The summed E-state index contributed by atoms with van der Waals surface area (Å²) in [5, 5.41) is 0. The highest BCUT2D eigenvalue weighted by molar-refractivity contribution is 7.89. The van der Waals surface area contributed by atoms with Gasteiger partial charge in [0.05, 0.1) is 18.0 Å². The Bertz CT molecular complexity index is 1030. The lowest BCUT2D eigenvalue weighted by Gasteiger charge is -2.21.